The van der Waals surface area contributed by atoms with Gasteiger partial charge < -0.3 is 10.4 Å². The molecule has 0 radical (unpaired) electrons. The smallest absolute Gasteiger partial charge is 0.352 e. The molecule has 2 aliphatic heterocycles. The largest absolute Gasteiger partial charge is 0.477 e. The van der Waals surface area contributed by atoms with Gasteiger partial charge in [0.1, 0.15) is 5.82 Å². The number of hydrogen-bond donors (Lipinski definition) is 2. The molecule has 1 amide bonds. The zero-order valence-corrected chi connectivity index (χ0v) is 18.5. The van der Waals surface area contributed by atoms with Gasteiger partial charge in [-0.15, -0.1) is 0 Å². The Bertz CT molecular complexity index is 1170. The third-order valence-electron chi connectivity index (χ3n) is 6.69. The summed E-state index contributed by atoms with van der Waals surface area (Å²) in [6.07, 6.45) is 4.48. The number of hydrogen-bond acceptors (Lipinski definition) is 4. The van der Waals surface area contributed by atoms with Crippen LogP contribution in [0.5, 0.6) is 0 Å². The van der Waals surface area contributed by atoms with Crippen LogP contribution in [0.2, 0.25) is 10.0 Å². The highest BCUT2D eigenvalue weighted by Crippen LogP contribution is 2.56. The molecule has 2 N–H and O–H groups in total. The second kappa shape index (κ2) is 7.74. The molecule has 1 aliphatic carbocycles. The first-order valence-corrected chi connectivity index (χ1v) is 11.3. The summed E-state index contributed by atoms with van der Waals surface area (Å²) in [7, 11) is 0. The summed E-state index contributed by atoms with van der Waals surface area (Å²) in [5.41, 5.74) is -0.815. The van der Waals surface area contributed by atoms with E-state index in [-0.39, 0.29) is 22.3 Å². The number of rotatable bonds is 3. The Morgan fingerprint density at radius 2 is 1.94 bits per heavy atom. The van der Waals surface area contributed by atoms with Gasteiger partial charge in [0.25, 0.3) is 5.91 Å². The maximum absolute atomic E-state index is 15.3. The van der Waals surface area contributed by atoms with Gasteiger partial charge in [0.05, 0.1) is 10.9 Å². The number of carbonyl (C=O) groups excluding carboxylic acids is 1. The van der Waals surface area contributed by atoms with Gasteiger partial charge in [-0.05, 0) is 31.0 Å². The highest BCUT2D eigenvalue weighted by molar-refractivity contribution is 6.40. The van der Waals surface area contributed by atoms with E-state index >= 15 is 4.39 Å². The van der Waals surface area contributed by atoms with Crippen molar-refractivity contribution in [2.24, 2.45) is 5.10 Å². The molecule has 0 aromatic heterocycles. The lowest BCUT2D eigenvalue weighted by molar-refractivity contribution is -0.130. The lowest BCUT2D eigenvalue weighted by Crippen LogP contribution is -2.54. The minimum Gasteiger partial charge on any atom is -0.477 e. The van der Waals surface area contributed by atoms with E-state index in [1.54, 1.807) is 29.3 Å². The van der Waals surface area contributed by atoms with Crippen LogP contribution < -0.4 is 5.32 Å². The third kappa shape index (κ3) is 2.94. The predicted octanol–water partition coefficient (Wildman–Crippen LogP) is 5.15. The molecule has 166 valence electrons. The molecular weight excluding hydrogens is 456 g/mol. The molecule has 2 atom stereocenters. The first-order valence-electron chi connectivity index (χ1n) is 10.5. The summed E-state index contributed by atoms with van der Waals surface area (Å²) in [4.78, 5) is 26.1. The molecule has 32 heavy (non-hydrogen) atoms. The molecule has 3 aliphatic rings. The van der Waals surface area contributed by atoms with Gasteiger partial charge in [0.2, 0.25) is 0 Å². The van der Waals surface area contributed by atoms with Crippen LogP contribution in [0, 0.1) is 5.82 Å². The maximum Gasteiger partial charge on any atom is 0.352 e. The van der Waals surface area contributed by atoms with E-state index in [0.29, 0.717) is 16.3 Å². The number of fused-ring (bicyclic) bond motifs is 2. The number of anilines is 1. The Balaban J connectivity index is 1.81. The average Bonchev–Trinajstić information content (AvgIpc) is 3.27. The van der Waals surface area contributed by atoms with E-state index < -0.39 is 29.2 Å². The second-order valence-electron chi connectivity index (χ2n) is 8.41. The fourth-order valence-corrected chi connectivity index (χ4v) is 5.72. The standard InChI is InChI=1S/C23H20Cl2FN3O3/c24-12-9-10-15-17(11-12)27-22(32)23(15)18(14-7-4-8-16(25)19(14)26)20(21(30)31)28-29(23)13-5-2-1-3-6-13/h4,7-11,13,18H,1-3,5-6H2,(H,27,32)(H,30,31). The van der Waals surface area contributed by atoms with Crippen molar-refractivity contribution in [3.63, 3.8) is 0 Å². The van der Waals surface area contributed by atoms with E-state index in [1.165, 1.54) is 12.1 Å². The van der Waals surface area contributed by atoms with Gasteiger partial charge >= 0.3 is 5.97 Å². The van der Waals surface area contributed by atoms with E-state index in [1.807, 2.05) is 0 Å². The molecule has 2 aromatic rings. The van der Waals surface area contributed by atoms with Gasteiger partial charge in [-0.25, -0.2) is 9.18 Å². The van der Waals surface area contributed by atoms with Crippen molar-refractivity contribution in [3.05, 3.63) is 63.4 Å². The van der Waals surface area contributed by atoms with Crippen molar-refractivity contribution < 1.29 is 19.1 Å². The van der Waals surface area contributed by atoms with Crippen LogP contribution in [-0.4, -0.2) is 33.7 Å². The molecule has 6 nitrogen and oxygen atoms in total. The van der Waals surface area contributed by atoms with Crippen molar-refractivity contribution in [3.8, 4) is 0 Å². The van der Waals surface area contributed by atoms with Crippen molar-refractivity contribution in [2.75, 3.05) is 5.32 Å². The van der Waals surface area contributed by atoms with Crippen LogP contribution in [-0.2, 0) is 15.1 Å². The summed E-state index contributed by atoms with van der Waals surface area (Å²) in [6, 6.07) is 9.21. The van der Waals surface area contributed by atoms with Crippen LogP contribution in [0.1, 0.15) is 49.1 Å². The number of benzene rings is 2. The van der Waals surface area contributed by atoms with Gasteiger partial charge in [-0.1, -0.05) is 60.7 Å². The zero-order valence-electron chi connectivity index (χ0n) is 16.9. The number of carboxylic acid groups (broad SMARTS) is 1. The minimum absolute atomic E-state index is 0.0231. The number of nitrogens with zero attached hydrogens (tertiary/aromatic N) is 2. The SMILES string of the molecule is O=C(O)C1=NN(C2CCCCC2)C2(C(=O)Nc3cc(Cl)ccc32)C1c1cccc(Cl)c1F. The number of hydrazone groups is 1. The first-order chi connectivity index (χ1) is 15.4. The van der Waals surface area contributed by atoms with Crippen LogP contribution in [0.4, 0.5) is 10.1 Å². The van der Waals surface area contributed by atoms with Crippen molar-refractivity contribution in [1.29, 1.82) is 0 Å². The summed E-state index contributed by atoms with van der Waals surface area (Å²) in [5.74, 6) is -3.71. The van der Waals surface area contributed by atoms with Crippen molar-refractivity contribution >= 4 is 46.5 Å². The molecule has 1 fully saturated rings. The highest BCUT2D eigenvalue weighted by Gasteiger charge is 2.65. The summed E-state index contributed by atoms with van der Waals surface area (Å²) in [6.45, 7) is 0. The molecule has 5 rings (SSSR count). The van der Waals surface area contributed by atoms with E-state index in [0.717, 1.165) is 32.1 Å². The van der Waals surface area contributed by atoms with Gasteiger partial charge in [-0.3, -0.25) is 9.80 Å². The fourth-order valence-electron chi connectivity index (χ4n) is 5.37. The molecule has 1 saturated carbocycles. The van der Waals surface area contributed by atoms with Crippen LogP contribution in [0.25, 0.3) is 0 Å². The van der Waals surface area contributed by atoms with Crippen LogP contribution in [0.3, 0.4) is 0 Å². The van der Waals surface area contributed by atoms with Crippen molar-refractivity contribution in [1.82, 2.24) is 5.01 Å². The maximum atomic E-state index is 15.3. The Morgan fingerprint density at radius 1 is 1.19 bits per heavy atom. The molecule has 9 heteroatoms. The molecule has 2 aromatic carbocycles. The number of carboxylic acids is 1. The molecule has 0 saturated heterocycles. The number of amides is 1. The summed E-state index contributed by atoms with van der Waals surface area (Å²) in [5, 5.41) is 19.3. The third-order valence-corrected chi connectivity index (χ3v) is 7.21. The minimum atomic E-state index is -1.55. The highest BCUT2D eigenvalue weighted by atomic mass is 35.5. The van der Waals surface area contributed by atoms with Gasteiger partial charge in [0.15, 0.2) is 11.3 Å². The molecule has 2 unspecified atom stereocenters. The number of carbonyl (C=O) groups is 2. The predicted molar refractivity (Wildman–Crippen MR) is 120 cm³/mol. The fraction of sp³-hybridized carbons (Fsp3) is 0.348. The lowest BCUT2D eigenvalue weighted by atomic mass is 9.72. The Kier molecular flexibility index (Phi) is 5.13. The van der Waals surface area contributed by atoms with E-state index in [4.69, 9.17) is 23.2 Å². The second-order valence-corrected chi connectivity index (χ2v) is 9.26. The lowest BCUT2D eigenvalue weighted by Gasteiger charge is -2.42. The topological polar surface area (TPSA) is 82.0 Å². The normalized spacial score (nSPS) is 25.1. The molecule has 0 bridgehead atoms. The summed E-state index contributed by atoms with van der Waals surface area (Å²) >= 11 is 12.2. The van der Waals surface area contributed by atoms with Crippen molar-refractivity contribution in [2.45, 2.75) is 49.6 Å². The zero-order chi connectivity index (χ0) is 22.6. The van der Waals surface area contributed by atoms with Gasteiger partial charge in [0, 0.05) is 27.9 Å². The Morgan fingerprint density at radius 3 is 2.66 bits per heavy atom. The number of nitrogens with one attached hydrogen (secondary N) is 1. The molecule has 1 spiro atoms. The van der Waals surface area contributed by atoms with Gasteiger partial charge in [-0.2, -0.15) is 5.10 Å². The average molecular weight is 476 g/mol. The number of halogens is 3. The molecule has 2 heterocycles. The first kappa shape index (κ1) is 21.2. The number of aliphatic carboxylic acids is 1. The Hall–Kier alpha value is -2.64. The summed E-state index contributed by atoms with van der Waals surface area (Å²) < 4.78 is 15.3. The molecular formula is C23H20Cl2FN3O3. The van der Waals surface area contributed by atoms with E-state index in [9.17, 15) is 14.7 Å². The van der Waals surface area contributed by atoms with Crippen LogP contribution in [0.15, 0.2) is 41.5 Å². The quantitative estimate of drug-likeness (QED) is 0.642. The van der Waals surface area contributed by atoms with E-state index in [2.05, 4.69) is 10.4 Å². The Labute approximate surface area is 194 Å². The monoisotopic (exact) mass is 475 g/mol. The van der Waals surface area contributed by atoms with Crippen LogP contribution >= 0.6 is 23.2 Å².